The van der Waals surface area contributed by atoms with Crippen LogP contribution in [0.4, 0.5) is 30.7 Å². The minimum Gasteiger partial charge on any atom is -0.199 e. The molecule has 0 spiro atoms. The van der Waals surface area contributed by atoms with Gasteiger partial charge in [0.05, 0.1) is 0 Å². The zero-order chi connectivity index (χ0) is 27.8. The Morgan fingerprint density at radius 1 is 0.462 bits per heavy atom. The highest BCUT2D eigenvalue weighted by Gasteiger charge is 2.77. The summed E-state index contributed by atoms with van der Waals surface area (Å²) in [6.07, 6.45) is -5.51. The molecule has 0 unspecified atom stereocenters. The van der Waals surface area contributed by atoms with E-state index in [9.17, 15) is 22.0 Å². The van der Waals surface area contributed by atoms with Crippen LogP contribution in [0, 0.1) is 5.41 Å². The van der Waals surface area contributed by atoms with Crippen LogP contribution in [0.15, 0.2) is 91.0 Å². The minimum absolute atomic E-state index is 0.150. The van der Waals surface area contributed by atoms with E-state index in [1.165, 1.54) is 0 Å². The van der Waals surface area contributed by atoms with Gasteiger partial charge >= 0.3 is 18.0 Å². The molecule has 4 fully saturated rings. The summed E-state index contributed by atoms with van der Waals surface area (Å²) in [6, 6.07) is 28.5. The lowest BCUT2D eigenvalue weighted by Gasteiger charge is -2.71. The molecule has 0 heterocycles. The van der Waals surface area contributed by atoms with Crippen LogP contribution in [0.25, 0.3) is 0 Å². The Balaban J connectivity index is 1.58. The molecule has 7 heteroatoms. The van der Waals surface area contributed by atoms with E-state index in [4.69, 9.17) is 0 Å². The predicted molar refractivity (Wildman–Crippen MR) is 135 cm³/mol. The lowest BCUT2D eigenvalue weighted by molar-refractivity contribution is -0.362. The fourth-order valence-corrected chi connectivity index (χ4v) is 9.12. The molecule has 3 aromatic carbocycles. The maximum absolute atomic E-state index is 15.3. The number of alkyl halides is 7. The molecule has 0 amide bonds. The molecule has 0 nitrogen and oxygen atoms in total. The second-order valence-electron chi connectivity index (χ2n) is 12.5. The van der Waals surface area contributed by atoms with Crippen LogP contribution in [0.3, 0.4) is 0 Å². The standard InChI is InChI=1S/C32H29F7/c33-30(34,31(35,36)32(37,38)39)19-26-16-27(23-10-4-1-5-11-23)20-28(17-26,24-12-6-2-7-13-24)22-29(18-26,21-27)25-14-8-3-9-15-25/h1-15H,16-22H2. The van der Waals surface area contributed by atoms with Crippen LogP contribution in [0.2, 0.25) is 0 Å². The summed E-state index contributed by atoms with van der Waals surface area (Å²) < 4.78 is 99.2. The van der Waals surface area contributed by atoms with Crippen molar-refractivity contribution < 1.29 is 30.7 Å². The fraction of sp³-hybridized carbons (Fsp3) is 0.438. The summed E-state index contributed by atoms with van der Waals surface area (Å²) in [4.78, 5) is 0. The normalized spacial score (nSPS) is 32.4. The third kappa shape index (κ3) is 3.93. The molecule has 206 valence electrons. The molecule has 0 radical (unpaired) electrons. The second-order valence-corrected chi connectivity index (χ2v) is 12.5. The van der Waals surface area contributed by atoms with Gasteiger partial charge in [-0.05, 0) is 76.9 Å². The van der Waals surface area contributed by atoms with E-state index in [0.29, 0.717) is 19.3 Å². The number of hydrogen-bond donors (Lipinski definition) is 0. The quantitative estimate of drug-likeness (QED) is 0.270. The van der Waals surface area contributed by atoms with Crippen LogP contribution in [-0.4, -0.2) is 18.0 Å². The third-order valence-corrected chi connectivity index (χ3v) is 9.74. The number of rotatable bonds is 6. The van der Waals surface area contributed by atoms with Gasteiger partial charge in [0.1, 0.15) is 0 Å². The molecule has 0 aliphatic heterocycles. The van der Waals surface area contributed by atoms with Crippen LogP contribution >= 0.6 is 0 Å². The molecule has 3 aromatic rings. The Bertz CT molecular complexity index is 1190. The molecule has 39 heavy (non-hydrogen) atoms. The van der Waals surface area contributed by atoms with Gasteiger partial charge < -0.3 is 0 Å². The van der Waals surface area contributed by atoms with Crippen molar-refractivity contribution in [3.05, 3.63) is 108 Å². The van der Waals surface area contributed by atoms with Gasteiger partial charge in [-0.25, -0.2) is 0 Å². The van der Waals surface area contributed by atoms with E-state index in [-0.39, 0.29) is 19.3 Å². The summed E-state index contributed by atoms with van der Waals surface area (Å²) >= 11 is 0. The van der Waals surface area contributed by atoms with Gasteiger partial charge in [0, 0.05) is 6.42 Å². The van der Waals surface area contributed by atoms with Crippen molar-refractivity contribution in [2.45, 2.75) is 79.2 Å². The zero-order valence-electron chi connectivity index (χ0n) is 21.3. The van der Waals surface area contributed by atoms with Crippen LogP contribution in [0.1, 0.15) is 61.6 Å². The van der Waals surface area contributed by atoms with Crippen molar-refractivity contribution >= 4 is 0 Å². The number of benzene rings is 3. The van der Waals surface area contributed by atoms with Gasteiger partial charge in [0.25, 0.3) is 0 Å². The molecule has 4 aliphatic rings. The van der Waals surface area contributed by atoms with Gasteiger partial charge in [-0.2, -0.15) is 30.7 Å². The van der Waals surface area contributed by atoms with Crippen molar-refractivity contribution in [3.8, 4) is 0 Å². The summed E-state index contributed by atoms with van der Waals surface area (Å²) in [5.41, 5.74) is -0.573. The molecule has 4 saturated carbocycles. The van der Waals surface area contributed by atoms with Crippen molar-refractivity contribution in [3.63, 3.8) is 0 Å². The highest BCUT2D eigenvalue weighted by atomic mass is 19.4. The Morgan fingerprint density at radius 3 is 1.05 bits per heavy atom. The van der Waals surface area contributed by atoms with E-state index in [1.54, 1.807) is 0 Å². The van der Waals surface area contributed by atoms with E-state index in [1.807, 2.05) is 91.0 Å². The largest absolute Gasteiger partial charge is 0.459 e. The molecule has 7 rings (SSSR count). The Kier molecular flexibility index (Phi) is 5.64. The molecule has 0 saturated heterocycles. The fourth-order valence-electron chi connectivity index (χ4n) is 9.12. The minimum atomic E-state index is -6.34. The van der Waals surface area contributed by atoms with E-state index in [0.717, 1.165) is 16.7 Å². The number of hydrogen-bond acceptors (Lipinski definition) is 0. The first-order valence-electron chi connectivity index (χ1n) is 13.3. The maximum atomic E-state index is 15.3. The monoisotopic (exact) mass is 546 g/mol. The van der Waals surface area contributed by atoms with Gasteiger partial charge in [0.2, 0.25) is 0 Å². The Morgan fingerprint density at radius 2 is 0.769 bits per heavy atom. The summed E-state index contributed by atoms with van der Waals surface area (Å²) in [6.45, 7) is 0. The van der Waals surface area contributed by atoms with Crippen molar-refractivity contribution in [2.75, 3.05) is 0 Å². The van der Waals surface area contributed by atoms with Crippen LogP contribution in [-0.2, 0) is 16.2 Å². The predicted octanol–water partition coefficient (Wildman–Crippen LogP) is 9.39. The van der Waals surface area contributed by atoms with Gasteiger partial charge in [0.15, 0.2) is 0 Å². The SMILES string of the molecule is FC(F)(F)C(F)(F)C(F)(F)CC12CC3(c4ccccc4)CC(c4ccccc4)(C1)CC(c1ccccc1)(C2)C3. The highest BCUT2D eigenvalue weighted by Crippen LogP contribution is 2.76. The molecular weight excluding hydrogens is 517 g/mol. The van der Waals surface area contributed by atoms with E-state index < -0.39 is 46.1 Å². The molecular formula is C32H29F7. The lowest BCUT2D eigenvalue weighted by atomic mass is 9.32. The first kappa shape index (κ1) is 26.4. The topological polar surface area (TPSA) is 0 Å². The summed E-state index contributed by atoms with van der Waals surface area (Å²) in [5.74, 6) is -11.4. The molecule has 4 aliphatic carbocycles. The molecule has 0 atom stereocenters. The van der Waals surface area contributed by atoms with Crippen molar-refractivity contribution in [2.24, 2.45) is 5.41 Å². The Labute approximate surface area is 223 Å². The zero-order valence-corrected chi connectivity index (χ0v) is 21.3. The first-order chi connectivity index (χ1) is 18.3. The van der Waals surface area contributed by atoms with Gasteiger partial charge in [-0.1, -0.05) is 91.0 Å². The molecule has 0 N–H and O–H groups in total. The average Bonchev–Trinajstić information content (AvgIpc) is 2.88. The first-order valence-corrected chi connectivity index (χ1v) is 13.3. The van der Waals surface area contributed by atoms with Crippen molar-refractivity contribution in [1.29, 1.82) is 0 Å². The van der Waals surface area contributed by atoms with Crippen molar-refractivity contribution in [1.82, 2.24) is 0 Å². The molecule has 4 bridgehead atoms. The average molecular weight is 547 g/mol. The van der Waals surface area contributed by atoms with Gasteiger partial charge in [-0.3, -0.25) is 0 Å². The second kappa shape index (κ2) is 8.34. The van der Waals surface area contributed by atoms with Crippen LogP contribution < -0.4 is 0 Å². The number of halogens is 7. The van der Waals surface area contributed by atoms with E-state index in [2.05, 4.69) is 0 Å². The van der Waals surface area contributed by atoms with E-state index >= 15 is 8.78 Å². The lowest BCUT2D eigenvalue weighted by Crippen LogP contribution is -2.67. The summed E-state index contributed by atoms with van der Waals surface area (Å²) in [5, 5.41) is 0. The van der Waals surface area contributed by atoms with Gasteiger partial charge in [-0.15, -0.1) is 0 Å². The molecule has 0 aromatic heterocycles. The third-order valence-electron chi connectivity index (χ3n) is 9.74. The highest BCUT2D eigenvalue weighted by molar-refractivity contribution is 5.45. The maximum Gasteiger partial charge on any atom is 0.459 e. The smallest absolute Gasteiger partial charge is 0.199 e. The van der Waals surface area contributed by atoms with Crippen LogP contribution in [0.5, 0.6) is 0 Å². The summed E-state index contributed by atoms with van der Waals surface area (Å²) in [7, 11) is 0. The Hall–Kier alpha value is -2.83.